The zero-order valence-electron chi connectivity index (χ0n) is 8.14. The van der Waals surface area contributed by atoms with Crippen LogP contribution in [0.5, 0.6) is 0 Å². The molecule has 5 heteroatoms. The minimum absolute atomic E-state index is 0.00125. The third-order valence-corrected chi connectivity index (χ3v) is 3.53. The van der Waals surface area contributed by atoms with Gasteiger partial charge in [0.2, 0.25) is 0 Å². The number of amides is 1. The van der Waals surface area contributed by atoms with E-state index in [-0.39, 0.29) is 5.91 Å². The minimum Gasteiger partial charge on any atom is -0.340 e. The van der Waals surface area contributed by atoms with Crippen LogP contribution < -0.4 is 0 Å². The summed E-state index contributed by atoms with van der Waals surface area (Å²) in [6.07, 6.45) is 0. The van der Waals surface area contributed by atoms with Crippen LogP contribution in [0.2, 0.25) is 0 Å². The summed E-state index contributed by atoms with van der Waals surface area (Å²) in [7, 11) is 1.75. The Bertz CT molecular complexity index is 372. The lowest BCUT2D eigenvalue weighted by molar-refractivity contribution is 0.0802. The van der Waals surface area contributed by atoms with Crippen LogP contribution in [-0.2, 0) is 0 Å². The summed E-state index contributed by atoms with van der Waals surface area (Å²) in [5.41, 5.74) is 0.706. The van der Waals surface area contributed by atoms with E-state index in [9.17, 15) is 4.79 Å². The second-order valence-corrected chi connectivity index (χ2v) is 5.50. The highest BCUT2D eigenvalue weighted by Gasteiger charge is 2.14. The van der Waals surface area contributed by atoms with E-state index in [2.05, 4.69) is 38.5 Å². The second-order valence-electron chi connectivity index (χ2n) is 3.04. The third kappa shape index (κ3) is 3.60. The van der Waals surface area contributed by atoms with Crippen LogP contribution in [0, 0.1) is 3.57 Å². The Hall–Kier alpha value is 0.190. The van der Waals surface area contributed by atoms with E-state index in [4.69, 9.17) is 11.6 Å². The molecule has 0 bridgehead atoms. The van der Waals surface area contributed by atoms with Gasteiger partial charge < -0.3 is 4.90 Å². The smallest absolute Gasteiger partial charge is 0.254 e. The van der Waals surface area contributed by atoms with Gasteiger partial charge in [-0.1, -0.05) is 15.9 Å². The maximum Gasteiger partial charge on any atom is 0.254 e. The number of hydrogen-bond donors (Lipinski definition) is 0. The topological polar surface area (TPSA) is 20.3 Å². The molecule has 1 amide bonds. The normalized spacial score (nSPS) is 10.1. The molecule has 1 aromatic rings. The van der Waals surface area contributed by atoms with E-state index in [1.165, 1.54) is 0 Å². The Morgan fingerprint density at radius 3 is 2.87 bits per heavy atom. The fraction of sp³-hybridized carbons (Fsp3) is 0.300. The van der Waals surface area contributed by atoms with Gasteiger partial charge >= 0.3 is 0 Å². The Balaban J connectivity index is 2.95. The first-order valence-electron chi connectivity index (χ1n) is 4.32. The monoisotopic (exact) mass is 401 g/mol. The molecule has 0 aliphatic heterocycles. The standard InChI is InChI=1S/C10H10BrClINO/c1-14(5-4-12)10(15)8-6-7(11)2-3-9(8)13/h2-3,6H,4-5H2,1H3. The van der Waals surface area contributed by atoms with Gasteiger partial charge in [-0.05, 0) is 40.8 Å². The van der Waals surface area contributed by atoms with E-state index < -0.39 is 0 Å². The van der Waals surface area contributed by atoms with Gasteiger partial charge in [-0.25, -0.2) is 0 Å². The summed E-state index contributed by atoms with van der Waals surface area (Å²) >= 11 is 11.1. The van der Waals surface area contributed by atoms with Crippen LogP contribution in [0.25, 0.3) is 0 Å². The Kier molecular flexibility index (Phi) is 5.35. The summed E-state index contributed by atoms with van der Waals surface area (Å²) in [4.78, 5) is 13.6. The van der Waals surface area contributed by atoms with Gasteiger partial charge in [0.25, 0.3) is 5.91 Å². The van der Waals surface area contributed by atoms with Crippen molar-refractivity contribution in [3.63, 3.8) is 0 Å². The SMILES string of the molecule is CN(CCCl)C(=O)c1cc(Br)ccc1I. The summed E-state index contributed by atoms with van der Waals surface area (Å²) in [5, 5.41) is 0. The zero-order valence-corrected chi connectivity index (χ0v) is 12.6. The fourth-order valence-corrected chi connectivity index (χ4v) is 2.28. The molecule has 15 heavy (non-hydrogen) atoms. The number of nitrogens with zero attached hydrogens (tertiary/aromatic N) is 1. The first-order chi connectivity index (χ1) is 7.06. The van der Waals surface area contributed by atoms with Crippen molar-refractivity contribution in [2.24, 2.45) is 0 Å². The van der Waals surface area contributed by atoms with Crippen LogP contribution >= 0.6 is 50.1 Å². The number of carbonyl (C=O) groups is 1. The van der Waals surface area contributed by atoms with Gasteiger partial charge in [-0.3, -0.25) is 4.79 Å². The van der Waals surface area contributed by atoms with E-state index in [0.29, 0.717) is 18.0 Å². The van der Waals surface area contributed by atoms with Gasteiger partial charge in [0, 0.05) is 27.5 Å². The summed E-state index contributed by atoms with van der Waals surface area (Å²) in [6, 6.07) is 5.65. The molecule has 0 aromatic heterocycles. The largest absolute Gasteiger partial charge is 0.340 e. The average Bonchev–Trinajstić information content (AvgIpc) is 2.21. The first-order valence-corrected chi connectivity index (χ1v) is 6.73. The predicted octanol–water partition coefficient (Wildman–Crippen LogP) is 3.36. The maximum absolute atomic E-state index is 11.9. The van der Waals surface area contributed by atoms with Gasteiger partial charge in [0.05, 0.1) is 5.56 Å². The molecule has 1 aromatic carbocycles. The third-order valence-electron chi connectivity index (χ3n) is 1.93. The van der Waals surface area contributed by atoms with E-state index >= 15 is 0 Å². The van der Waals surface area contributed by atoms with Crippen molar-refractivity contribution in [2.75, 3.05) is 19.5 Å². The molecular formula is C10H10BrClINO. The lowest BCUT2D eigenvalue weighted by atomic mass is 10.2. The lowest BCUT2D eigenvalue weighted by Gasteiger charge is -2.16. The fourth-order valence-electron chi connectivity index (χ4n) is 1.10. The van der Waals surface area contributed by atoms with E-state index in [0.717, 1.165) is 8.04 Å². The summed E-state index contributed by atoms with van der Waals surface area (Å²) < 4.78 is 1.85. The molecule has 2 nitrogen and oxygen atoms in total. The highest BCUT2D eigenvalue weighted by molar-refractivity contribution is 14.1. The molecule has 0 unspecified atom stereocenters. The molecule has 0 saturated heterocycles. The predicted molar refractivity (Wildman–Crippen MR) is 74.5 cm³/mol. The number of hydrogen-bond acceptors (Lipinski definition) is 1. The van der Waals surface area contributed by atoms with Crippen LogP contribution in [-0.4, -0.2) is 30.3 Å². The van der Waals surface area contributed by atoms with Crippen LogP contribution in [0.15, 0.2) is 22.7 Å². The lowest BCUT2D eigenvalue weighted by Crippen LogP contribution is -2.29. The van der Waals surface area contributed by atoms with Gasteiger partial charge in [0.1, 0.15) is 0 Å². The molecular weight excluding hydrogens is 392 g/mol. The molecule has 0 aliphatic carbocycles. The van der Waals surface area contributed by atoms with E-state index in [1.54, 1.807) is 11.9 Å². The van der Waals surface area contributed by atoms with Crippen LogP contribution in [0.3, 0.4) is 0 Å². The summed E-state index contributed by atoms with van der Waals surface area (Å²) in [5.74, 6) is 0.452. The number of rotatable bonds is 3. The quantitative estimate of drug-likeness (QED) is 0.561. The molecule has 0 radical (unpaired) electrons. The number of halogens is 3. The van der Waals surface area contributed by atoms with Crippen molar-refractivity contribution in [2.45, 2.75) is 0 Å². The van der Waals surface area contributed by atoms with Crippen molar-refractivity contribution in [3.8, 4) is 0 Å². The highest BCUT2D eigenvalue weighted by atomic mass is 127. The van der Waals surface area contributed by atoms with Crippen molar-refractivity contribution in [1.82, 2.24) is 4.90 Å². The van der Waals surface area contributed by atoms with Crippen molar-refractivity contribution < 1.29 is 4.79 Å². The summed E-state index contributed by atoms with van der Waals surface area (Å²) in [6.45, 7) is 0.559. The molecule has 0 saturated carbocycles. The van der Waals surface area contributed by atoms with Crippen LogP contribution in [0.1, 0.15) is 10.4 Å². The highest BCUT2D eigenvalue weighted by Crippen LogP contribution is 2.19. The average molecular weight is 402 g/mol. The molecule has 1 rings (SSSR count). The Morgan fingerprint density at radius 1 is 1.60 bits per heavy atom. The Labute approximate surface area is 116 Å². The Morgan fingerprint density at radius 2 is 2.27 bits per heavy atom. The molecule has 0 fully saturated rings. The molecule has 0 atom stereocenters. The minimum atomic E-state index is 0.00125. The molecule has 82 valence electrons. The van der Waals surface area contributed by atoms with E-state index in [1.807, 2.05) is 18.2 Å². The zero-order chi connectivity index (χ0) is 11.4. The second kappa shape index (κ2) is 6.06. The molecule has 0 spiro atoms. The molecule has 0 heterocycles. The van der Waals surface area contributed by atoms with Crippen LogP contribution in [0.4, 0.5) is 0 Å². The van der Waals surface area contributed by atoms with Crippen molar-refractivity contribution in [1.29, 1.82) is 0 Å². The molecule has 0 N–H and O–H groups in total. The van der Waals surface area contributed by atoms with Crippen molar-refractivity contribution in [3.05, 3.63) is 31.8 Å². The van der Waals surface area contributed by atoms with Crippen molar-refractivity contribution >= 4 is 56.0 Å². The van der Waals surface area contributed by atoms with Gasteiger partial charge in [-0.2, -0.15) is 0 Å². The molecule has 0 aliphatic rings. The number of benzene rings is 1. The van der Waals surface area contributed by atoms with Gasteiger partial charge in [0.15, 0.2) is 0 Å². The maximum atomic E-state index is 11.9. The van der Waals surface area contributed by atoms with Gasteiger partial charge in [-0.15, -0.1) is 11.6 Å². The number of alkyl halides is 1. The number of carbonyl (C=O) groups excluding carboxylic acids is 1. The first kappa shape index (κ1) is 13.3.